The van der Waals surface area contributed by atoms with Gasteiger partial charge in [0.15, 0.2) is 0 Å². The Hall–Kier alpha value is -1.08. The first-order valence-corrected chi connectivity index (χ1v) is 4.81. The molecule has 2 atom stereocenters. The molecule has 0 aromatic heterocycles. The van der Waals surface area contributed by atoms with Crippen molar-refractivity contribution in [2.45, 2.75) is 39.3 Å². The van der Waals surface area contributed by atoms with Gasteiger partial charge in [0, 0.05) is 13.1 Å². The molecule has 2 N–H and O–H groups in total. The van der Waals surface area contributed by atoms with E-state index in [-0.39, 0.29) is 17.9 Å². The minimum absolute atomic E-state index is 0.0719. The molecule has 14 heavy (non-hydrogen) atoms. The molecule has 0 fully saturated rings. The van der Waals surface area contributed by atoms with Gasteiger partial charge in [0.1, 0.15) is 0 Å². The fraction of sp³-hybridized carbons (Fsp3) is 0.800. The Labute approximate surface area is 85.7 Å². The van der Waals surface area contributed by atoms with Crippen molar-refractivity contribution in [2.75, 3.05) is 7.05 Å². The van der Waals surface area contributed by atoms with Crippen molar-refractivity contribution >= 4 is 5.91 Å². The van der Waals surface area contributed by atoms with E-state index in [2.05, 4.69) is 0 Å². The third kappa shape index (κ3) is 3.35. The second-order valence-corrected chi connectivity index (χ2v) is 3.93. The SMILES string of the molecule is CC(C)[C@@H](N)C(=O)N(C)C(C)CC#N. The van der Waals surface area contributed by atoms with Gasteiger partial charge in [0.2, 0.25) is 5.91 Å². The summed E-state index contributed by atoms with van der Waals surface area (Å²) in [5.41, 5.74) is 5.72. The summed E-state index contributed by atoms with van der Waals surface area (Å²) in [7, 11) is 1.69. The predicted octanol–water partition coefficient (Wildman–Crippen LogP) is 0.730. The van der Waals surface area contributed by atoms with E-state index >= 15 is 0 Å². The van der Waals surface area contributed by atoms with E-state index < -0.39 is 6.04 Å². The average Bonchev–Trinajstić information content (AvgIpc) is 2.14. The second-order valence-electron chi connectivity index (χ2n) is 3.93. The highest BCUT2D eigenvalue weighted by Gasteiger charge is 2.23. The first-order chi connectivity index (χ1) is 6.41. The third-order valence-corrected chi connectivity index (χ3v) is 2.40. The van der Waals surface area contributed by atoms with Crippen LogP contribution in [0.4, 0.5) is 0 Å². The minimum atomic E-state index is -0.471. The lowest BCUT2D eigenvalue weighted by molar-refractivity contribution is -0.133. The van der Waals surface area contributed by atoms with E-state index in [0.29, 0.717) is 6.42 Å². The van der Waals surface area contributed by atoms with E-state index in [9.17, 15) is 4.79 Å². The fourth-order valence-electron chi connectivity index (χ4n) is 1.01. The van der Waals surface area contributed by atoms with Crippen LogP contribution in [0.2, 0.25) is 0 Å². The maximum absolute atomic E-state index is 11.7. The van der Waals surface area contributed by atoms with E-state index in [0.717, 1.165) is 0 Å². The highest BCUT2D eigenvalue weighted by molar-refractivity contribution is 5.81. The van der Waals surface area contributed by atoms with Crippen LogP contribution in [0.1, 0.15) is 27.2 Å². The maximum atomic E-state index is 11.7. The number of hydrogen-bond donors (Lipinski definition) is 1. The smallest absolute Gasteiger partial charge is 0.239 e. The van der Waals surface area contributed by atoms with Gasteiger partial charge in [-0.05, 0) is 12.8 Å². The van der Waals surface area contributed by atoms with Gasteiger partial charge >= 0.3 is 0 Å². The molecule has 1 amide bonds. The van der Waals surface area contributed by atoms with Crippen LogP contribution in [0.15, 0.2) is 0 Å². The monoisotopic (exact) mass is 197 g/mol. The molecule has 0 radical (unpaired) electrons. The van der Waals surface area contributed by atoms with Crippen LogP contribution in [0.5, 0.6) is 0 Å². The van der Waals surface area contributed by atoms with Crippen LogP contribution in [-0.2, 0) is 4.79 Å². The molecule has 4 nitrogen and oxygen atoms in total. The first kappa shape index (κ1) is 12.9. The lowest BCUT2D eigenvalue weighted by atomic mass is 10.0. The lowest BCUT2D eigenvalue weighted by Crippen LogP contribution is -2.47. The summed E-state index contributed by atoms with van der Waals surface area (Å²) < 4.78 is 0. The second kappa shape index (κ2) is 5.61. The van der Waals surface area contributed by atoms with Crippen molar-refractivity contribution in [2.24, 2.45) is 11.7 Å². The van der Waals surface area contributed by atoms with Crippen LogP contribution in [0.3, 0.4) is 0 Å². The van der Waals surface area contributed by atoms with Crippen LogP contribution in [0.25, 0.3) is 0 Å². The van der Waals surface area contributed by atoms with Crippen LogP contribution in [-0.4, -0.2) is 29.9 Å². The quantitative estimate of drug-likeness (QED) is 0.722. The molecule has 0 heterocycles. The van der Waals surface area contributed by atoms with Crippen molar-refractivity contribution in [1.82, 2.24) is 4.90 Å². The molecule has 0 saturated carbocycles. The Balaban J connectivity index is 4.32. The molecular weight excluding hydrogens is 178 g/mol. The summed E-state index contributed by atoms with van der Waals surface area (Å²) in [5, 5.41) is 8.50. The highest BCUT2D eigenvalue weighted by atomic mass is 16.2. The summed E-state index contributed by atoms with van der Waals surface area (Å²) in [4.78, 5) is 13.2. The highest BCUT2D eigenvalue weighted by Crippen LogP contribution is 2.06. The molecule has 0 rings (SSSR count). The zero-order valence-electron chi connectivity index (χ0n) is 9.32. The van der Waals surface area contributed by atoms with Crippen molar-refractivity contribution in [3.63, 3.8) is 0 Å². The van der Waals surface area contributed by atoms with E-state index in [1.165, 1.54) is 0 Å². The molecule has 0 saturated heterocycles. The lowest BCUT2D eigenvalue weighted by Gasteiger charge is -2.27. The standard InChI is InChI=1S/C10H19N3O/c1-7(2)9(12)10(14)13(4)8(3)5-6-11/h7-9H,5,12H2,1-4H3/t8?,9-/m1/s1. The zero-order valence-corrected chi connectivity index (χ0v) is 9.32. The van der Waals surface area contributed by atoms with Crippen LogP contribution >= 0.6 is 0 Å². The number of nitriles is 1. The van der Waals surface area contributed by atoms with Gasteiger partial charge < -0.3 is 10.6 Å². The average molecular weight is 197 g/mol. The molecule has 0 spiro atoms. The number of likely N-dealkylation sites (N-methyl/N-ethyl adjacent to an activating group) is 1. The van der Waals surface area contributed by atoms with Gasteiger partial charge in [-0.1, -0.05) is 13.8 Å². The molecule has 0 aromatic rings. The van der Waals surface area contributed by atoms with Gasteiger partial charge in [-0.2, -0.15) is 5.26 Å². The number of amides is 1. The Bertz CT molecular complexity index is 232. The summed E-state index contributed by atoms with van der Waals surface area (Å²) in [6.07, 6.45) is 0.340. The van der Waals surface area contributed by atoms with Crippen molar-refractivity contribution < 1.29 is 4.79 Å². The van der Waals surface area contributed by atoms with E-state index in [1.54, 1.807) is 11.9 Å². The summed E-state index contributed by atoms with van der Waals surface area (Å²) in [6.45, 7) is 5.66. The molecule has 0 aromatic carbocycles. The minimum Gasteiger partial charge on any atom is -0.341 e. The van der Waals surface area contributed by atoms with Crippen molar-refractivity contribution in [1.29, 1.82) is 5.26 Å². The van der Waals surface area contributed by atoms with Crippen LogP contribution in [0, 0.1) is 17.2 Å². The number of nitrogens with zero attached hydrogens (tertiary/aromatic N) is 2. The largest absolute Gasteiger partial charge is 0.341 e. The van der Waals surface area contributed by atoms with Gasteiger partial charge in [0.25, 0.3) is 0 Å². The van der Waals surface area contributed by atoms with Crippen molar-refractivity contribution in [3.05, 3.63) is 0 Å². The number of hydrogen-bond acceptors (Lipinski definition) is 3. The number of nitrogens with two attached hydrogens (primary N) is 1. The molecule has 0 aliphatic rings. The summed E-state index contributed by atoms with van der Waals surface area (Å²) >= 11 is 0. The van der Waals surface area contributed by atoms with E-state index in [1.807, 2.05) is 26.8 Å². The predicted molar refractivity (Wildman–Crippen MR) is 55.3 cm³/mol. The Kier molecular flexibility index (Phi) is 5.18. The molecule has 0 bridgehead atoms. The third-order valence-electron chi connectivity index (χ3n) is 2.40. The van der Waals surface area contributed by atoms with E-state index in [4.69, 9.17) is 11.0 Å². The van der Waals surface area contributed by atoms with Gasteiger partial charge in [0.05, 0.1) is 18.5 Å². The van der Waals surface area contributed by atoms with Gasteiger partial charge in [-0.15, -0.1) is 0 Å². The Morgan fingerprint density at radius 2 is 2.00 bits per heavy atom. The first-order valence-electron chi connectivity index (χ1n) is 4.81. The molecular formula is C10H19N3O. The normalized spacial score (nSPS) is 14.6. The number of carbonyl (C=O) groups excluding carboxylic acids is 1. The summed E-state index contributed by atoms with van der Waals surface area (Å²) in [6, 6.07) is 1.49. The van der Waals surface area contributed by atoms with Crippen molar-refractivity contribution in [3.8, 4) is 6.07 Å². The molecule has 1 unspecified atom stereocenters. The van der Waals surface area contributed by atoms with Gasteiger partial charge in [-0.25, -0.2) is 0 Å². The van der Waals surface area contributed by atoms with Crippen LogP contribution < -0.4 is 5.73 Å². The summed E-state index contributed by atoms with van der Waals surface area (Å²) in [5.74, 6) is 0.0296. The number of rotatable bonds is 4. The topological polar surface area (TPSA) is 70.1 Å². The zero-order chi connectivity index (χ0) is 11.3. The maximum Gasteiger partial charge on any atom is 0.239 e. The Morgan fingerprint density at radius 1 is 1.50 bits per heavy atom. The fourth-order valence-corrected chi connectivity index (χ4v) is 1.01. The number of carbonyl (C=O) groups is 1. The molecule has 80 valence electrons. The molecule has 0 aliphatic heterocycles. The molecule has 4 heteroatoms. The Morgan fingerprint density at radius 3 is 2.36 bits per heavy atom. The molecule has 0 aliphatic carbocycles. The van der Waals surface area contributed by atoms with Gasteiger partial charge in [-0.3, -0.25) is 4.79 Å².